The molecule has 1 amide bonds. The Labute approximate surface area is 165 Å². The number of amides is 1. The molecule has 0 fully saturated rings. The molecule has 1 aromatic carbocycles. The smallest absolute Gasteiger partial charge is 0.294 e. The summed E-state index contributed by atoms with van der Waals surface area (Å²) >= 11 is 0. The summed E-state index contributed by atoms with van der Waals surface area (Å²) in [5.74, 6) is -0.370. The Hall–Kier alpha value is -2.89. The molecule has 2 heterocycles. The zero-order chi connectivity index (χ0) is 20.8. The molecule has 2 aromatic heterocycles. The number of hydrogen-bond acceptors (Lipinski definition) is 4. The molecule has 0 aliphatic heterocycles. The maximum Gasteiger partial charge on any atom is 0.294 e. The summed E-state index contributed by atoms with van der Waals surface area (Å²) in [6.45, 7) is 8.14. The van der Waals surface area contributed by atoms with Gasteiger partial charge in [-0.3, -0.25) is 9.59 Å². The van der Waals surface area contributed by atoms with E-state index in [0.29, 0.717) is 23.4 Å². The molecule has 0 saturated heterocycles. The van der Waals surface area contributed by atoms with E-state index >= 15 is 0 Å². The molecule has 0 bridgehead atoms. The Morgan fingerprint density at radius 2 is 1.82 bits per heavy atom. The lowest BCUT2D eigenvalue weighted by Crippen LogP contribution is -2.30. The van der Waals surface area contributed by atoms with Crippen LogP contribution in [0.4, 0.5) is 0 Å². The lowest BCUT2D eigenvalue weighted by atomic mass is 9.87. The van der Waals surface area contributed by atoms with E-state index in [1.54, 1.807) is 14.1 Å². The van der Waals surface area contributed by atoms with Crippen molar-refractivity contribution in [2.45, 2.75) is 39.5 Å². The number of carbonyl (C=O) groups excluding carboxylic acids is 2. The number of carbonyl (C=O) groups is 2. The van der Waals surface area contributed by atoms with Gasteiger partial charge in [0, 0.05) is 37.5 Å². The fourth-order valence-corrected chi connectivity index (χ4v) is 3.55. The highest BCUT2D eigenvalue weighted by Crippen LogP contribution is 2.41. The monoisotopic (exact) mass is 381 g/mol. The molecule has 6 nitrogen and oxygen atoms in total. The summed E-state index contributed by atoms with van der Waals surface area (Å²) < 4.78 is 7.69. The van der Waals surface area contributed by atoms with Gasteiger partial charge in [0.2, 0.25) is 0 Å². The third-order valence-corrected chi connectivity index (χ3v) is 4.95. The van der Waals surface area contributed by atoms with Crippen molar-refractivity contribution in [1.29, 1.82) is 0 Å². The predicted molar refractivity (Wildman–Crippen MR) is 110 cm³/mol. The van der Waals surface area contributed by atoms with Crippen LogP contribution in [-0.4, -0.2) is 40.4 Å². The van der Waals surface area contributed by atoms with Crippen molar-refractivity contribution in [2.75, 3.05) is 14.1 Å². The largest absolute Gasteiger partial charge is 0.360 e. The third kappa shape index (κ3) is 3.03. The van der Waals surface area contributed by atoms with Gasteiger partial charge in [0.05, 0.1) is 22.5 Å². The molecule has 148 valence electrons. The van der Waals surface area contributed by atoms with Gasteiger partial charge in [-0.15, -0.1) is 0 Å². The number of aromatic nitrogens is 2. The number of rotatable bonds is 4. The first-order valence-corrected chi connectivity index (χ1v) is 9.42. The number of aryl methyl sites for hydroxylation is 2. The Bertz CT molecular complexity index is 1060. The molecule has 0 spiro atoms. The molecule has 3 aromatic rings. The fraction of sp³-hybridized carbons (Fsp3) is 0.409. The van der Waals surface area contributed by atoms with Gasteiger partial charge in [-0.25, -0.2) is 0 Å². The summed E-state index contributed by atoms with van der Waals surface area (Å²) in [6, 6.07) is 7.63. The highest BCUT2D eigenvalue weighted by Gasteiger charge is 2.34. The normalized spacial score (nSPS) is 11.8. The Morgan fingerprint density at radius 3 is 2.39 bits per heavy atom. The van der Waals surface area contributed by atoms with Crippen LogP contribution in [0.5, 0.6) is 0 Å². The highest BCUT2D eigenvalue weighted by molar-refractivity contribution is 6.46. The lowest BCUT2D eigenvalue weighted by molar-refractivity contribution is -0.124. The number of ketones is 1. The minimum Gasteiger partial charge on any atom is -0.360 e. The van der Waals surface area contributed by atoms with Crippen molar-refractivity contribution in [3.05, 3.63) is 41.3 Å². The van der Waals surface area contributed by atoms with E-state index in [9.17, 15) is 9.59 Å². The molecular formula is C22H27N3O3. The second-order valence-electron chi connectivity index (χ2n) is 8.27. The Balaban J connectivity index is 2.45. The average molecular weight is 381 g/mol. The van der Waals surface area contributed by atoms with Crippen LogP contribution < -0.4 is 0 Å². The van der Waals surface area contributed by atoms with Crippen molar-refractivity contribution in [3.63, 3.8) is 0 Å². The van der Waals surface area contributed by atoms with Gasteiger partial charge in [-0.2, -0.15) is 0 Å². The van der Waals surface area contributed by atoms with Crippen LogP contribution in [0.25, 0.3) is 22.2 Å². The summed E-state index contributed by atoms with van der Waals surface area (Å²) in [4.78, 5) is 27.1. The second kappa shape index (κ2) is 6.93. The molecule has 3 rings (SSSR count). The third-order valence-electron chi connectivity index (χ3n) is 4.95. The summed E-state index contributed by atoms with van der Waals surface area (Å²) in [7, 11) is 5.08. The van der Waals surface area contributed by atoms with Gasteiger partial charge in [-0.05, 0) is 12.5 Å². The molecule has 0 saturated carbocycles. The van der Waals surface area contributed by atoms with Gasteiger partial charge in [0.15, 0.2) is 5.76 Å². The molecule has 6 heteroatoms. The van der Waals surface area contributed by atoms with E-state index in [-0.39, 0.29) is 5.41 Å². The number of Topliss-reactive ketones (excluding diaryl/α,β-unsaturated/α-hetero) is 1. The van der Waals surface area contributed by atoms with Crippen molar-refractivity contribution in [2.24, 2.45) is 7.05 Å². The topological polar surface area (TPSA) is 68.3 Å². The summed E-state index contributed by atoms with van der Waals surface area (Å²) in [6.07, 6.45) is 0.658. The van der Waals surface area contributed by atoms with Crippen LogP contribution in [0.1, 0.15) is 49.5 Å². The Morgan fingerprint density at radius 1 is 1.18 bits per heavy atom. The first-order valence-electron chi connectivity index (χ1n) is 9.42. The van der Waals surface area contributed by atoms with Crippen molar-refractivity contribution in [1.82, 2.24) is 14.6 Å². The molecule has 0 radical (unpaired) electrons. The maximum absolute atomic E-state index is 13.2. The van der Waals surface area contributed by atoms with Crippen molar-refractivity contribution < 1.29 is 14.1 Å². The van der Waals surface area contributed by atoms with E-state index < -0.39 is 11.7 Å². The number of likely N-dealkylation sites (N-methyl/N-ethyl adjacent to an activating group) is 1. The number of benzene rings is 1. The maximum atomic E-state index is 13.2. The molecule has 0 atom stereocenters. The van der Waals surface area contributed by atoms with E-state index in [1.807, 2.05) is 63.6 Å². The van der Waals surface area contributed by atoms with Crippen LogP contribution in [0.15, 0.2) is 28.8 Å². The molecule has 0 aliphatic rings. The van der Waals surface area contributed by atoms with E-state index in [2.05, 4.69) is 5.16 Å². The first-order chi connectivity index (χ1) is 13.1. The SMILES string of the molecule is CCc1noc(C(C)(C)C)c1-c1c(C(=O)C(=O)N(C)C)c2ccccc2n1C. The first kappa shape index (κ1) is 19.9. The fourth-order valence-electron chi connectivity index (χ4n) is 3.55. The summed E-state index contributed by atoms with van der Waals surface area (Å²) in [5.41, 5.74) is 3.25. The minimum absolute atomic E-state index is 0.307. The molecule has 28 heavy (non-hydrogen) atoms. The van der Waals surface area contributed by atoms with Gasteiger partial charge in [0.1, 0.15) is 0 Å². The van der Waals surface area contributed by atoms with E-state index in [4.69, 9.17) is 4.52 Å². The van der Waals surface area contributed by atoms with E-state index in [1.165, 1.54) is 4.90 Å². The second-order valence-corrected chi connectivity index (χ2v) is 8.27. The summed E-state index contributed by atoms with van der Waals surface area (Å²) in [5, 5.41) is 5.03. The van der Waals surface area contributed by atoms with Crippen molar-refractivity contribution in [3.8, 4) is 11.3 Å². The van der Waals surface area contributed by atoms with Crippen LogP contribution in [0, 0.1) is 0 Å². The number of nitrogens with zero attached hydrogens (tertiary/aromatic N) is 3. The highest BCUT2D eigenvalue weighted by atomic mass is 16.5. The quantitative estimate of drug-likeness (QED) is 0.507. The predicted octanol–water partition coefficient (Wildman–Crippen LogP) is 3.96. The molecule has 0 N–H and O–H groups in total. The van der Waals surface area contributed by atoms with Gasteiger partial charge in [-0.1, -0.05) is 51.1 Å². The molecular weight excluding hydrogens is 354 g/mol. The minimum atomic E-state index is -0.551. The van der Waals surface area contributed by atoms with Crippen LogP contribution in [0.3, 0.4) is 0 Å². The number of hydrogen-bond donors (Lipinski definition) is 0. The van der Waals surface area contributed by atoms with Crippen LogP contribution >= 0.6 is 0 Å². The Kier molecular flexibility index (Phi) is 4.91. The van der Waals surface area contributed by atoms with Gasteiger partial charge < -0.3 is 14.0 Å². The van der Waals surface area contributed by atoms with E-state index in [0.717, 1.165) is 22.2 Å². The average Bonchev–Trinajstić information content (AvgIpc) is 3.19. The lowest BCUT2D eigenvalue weighted by Gasteiger charge is -2.18. The van der Waals surface area contributed by atoms with Crippen LogP contribution in [0.2, 0.25) is 0 Å². The van der Waals surface area contributed by atoms with Crippen molar-refractivity contribution >= 4 is 22.6 Å². The molecule has 0 unspecified atom stereocenters. The zero-order valence-corrected chi connectivity index (χ0v) is 17.6. The molecule has 0 aliphatic carbocycles. The standard InChI is InChI=1S/C22H27N3O3/c1-8-14-17(20(28-23-14)22(2,3)4)18-16(19(26)21(27)24(5)6)13-11-9-10-12-15(13)25(18)7/h9-12H,8H2,1-7H3. The number of para-hydroxylation sites is 1. The van der Waals surface area contributed by atoms with Gasteiger partial charge in [0.25, 0.3) is 11.7 Å². The zero-order valence-electron chi connectivity index (χ0n) is 17.6. The van der Waals surface area contributed by atoms with Crippen LogP contribution in [-0.2, 0) is 23.7 Å². The van der Waals surface area contributed by atoms with Gasteiger partial charge >= 0.3 is 0 Å². The number of fused-ring (bicyclic) bond motifs is 1.